The maximum atomic E-state index is 8.98. The number of hydrogen-bond acceptors (Lipinski definition) is 4. The van der Waals surface area contributed by atoms with Crippen LogP contribution in [0.25, 0.3) is 16.9 Å². The SMILES string of the molecule is N#Cc1ccc(-c2cc(CCCC3CCOC3)cc3ncnn23)cc1. The molecule has 0 saturated carbocycles. The van der Waals surface area contributed by atoms with Crippen molar-refractivity contribution in [2.75, 3.05) is 13.2 Å². The van der Waals surface area contributed by atoms with Crippen LogP contribution in [0.3, 0.4) is 0 Å². The first kappa shape index (κ1) is 15.8. The first-order valence-electron chi connectivity index (χ1n) is 8.74. The second kappa shape index (κ2) is 7.04. The molecular weight excluding hydrogens is 312 g/mol. The second-order valence-corrected chi connectivity index (χ2v) is 6.59. The summed E-state index contributed by atoms with van der Waals surface area (Å²) in [6, 6.07) is 14.1. The number of nitrogens with zero attached hydrogens (tertiary/aromatic N) is 4. The number of benzene rings is 1. The smallest absolute Gasteiger partial charge is 0.156 e. The van der Waals surface area contributed by atoms with Crippen LogP contribution >= 0.6 is 0 Å². The molecule has 1 aliphatic heterocycles. The number of aryl methyl sites for hydroxylation is 1. The summed E-state index contributed by atoms with van der Waals surface area (Å²) in [7, 11) is 0. The molecule has 5 nitrogen and oxygen atoms in total. The summed E-state index contributed by atoms with van der Waals surface area (Å²) in [4.78, 5) is 4.36. The number of pyridine rings is 1. The van der Waals surface area contributed by atoms with Crippen molar-refractivity contribution in [3.63, 3.8) is 0 Å². The van der Waals surface area contributed by atoms with Crippen LogP contribution in [0, 0.1) is 17.2 Å². The van der Waals surface area contributed by atoms with Gasteiger partial charge in [0.2, 0.25) is 0 Å². The first-order valence-corrected chi connectivity index (χ1v) is 8.74. The maximum Gasteiger partial charge on any atom is 0.156 e. The Morgan fingerprint density at radius 1 is 1.24 bits per heavy atom. The minimum Gasteiger partial charge on any atom is -0.381 e. The molecule has 3 heterocycles. The number of rotatable bonds is 5. The van der Waals surface area contributed by atoms with Gasteiger partial charge >= 0.3 is 0 Å². The van der Waals surface area contributed by atoms with Gasteiger partial charge in [0.25, 0.3) is 0 Å². The minimum absolute atomic E-state index is 0.661. The number of ether oxygens (including phenoxy) is 1. The molecule has 1 aromatic carbocycles. The van der Waals surface area contributed by atoms with E-state index in [0.717, 1.165) is 48.9 Å². The number of nitriles is 1. The lowest BCUT2D eigenvalue weighted by molar-refractivity contribution is 0.184. The third-order valence-corrected chi connectivity index (χ3v) is 4.85. The van der Waals surface area contributed by atoms with Gasteiger partial charge in [-0.3, -0.25) is 0 Å². The zero-order valence-corrected chi connectivity index (χ0v) is 14.1. The summed E-state index contributed by atoms with van der Waals surface area (Å²) >= 11 is 0. The topological polar surface area (TPSA) is 63.2 Å². The predicted molar refractivity (Wildman–Crippen MR) is 95.0 cm³/mol. The van der Waals surface area contributed by atoms with Crippen molar-refractivity contribution in [1.29, 1.82) is 5.26 Å². The van der Waals surface area contributed by atoms with Gasteiger partial charge in [-0.05, 0) is 61.4 Å². The molecule has 1 saturated heterocycles. The summed E-state index contributed by atoms with van der Waals surface area (Å²) in [5.41, 5.74) is 4.85. The van der Waals surface area contributed by atoms with Crippen LogP contribution in [0.4, 0.5) is 0 Å². The van der Waals surface area contributed by atoms with Gasteiger partial charge in [0.05, 0.1) is 17.3 Å². The van der Waals surface area contributed by atoms with Gasteiger partial charge in [-0.2, -0.15) is 10.4 Å². The van der Waals surface area contributed by atoms with Crippen molar-refractivity contribution in [3.05, 3.63) is 53.9 Å². The van der Waals surface area contributed by atoms with E-state index in [2.05, 4.69) is 28.3 Å². The Bertz CT molecular complexity index is 902. The Kier molecular flexibility index (Phi) is 4.45. The zero-order chi connectivity index (χ0) is 17.1. The molecule has 126 valence electrons. The molecular formula is C20H20N4O. The van der Waals surface area contributed by atoms with E-state index < -0.39 is 0 Å². The lowest BCUT2D eigenvalue weighted by Crippen LogP contribution is -2.01. The average Bonchev–Trinajstić information content (AvgIpc) is 3.33. The van der Waals surface area contributed by atoms with E-state index in [-0.39, 0.29) is 0 Å². The monoisotopic (exact) mass is 332 g/mol. The first-order chi connectivity index (χ1) is 12.3. The van der Waals surface area contributed by atoms with Gasteiger partial charge in [0.1, 0.15) is 6.33 Å². The number of aromatic nitrogens is 3. The van der Waals surface area contributed by atoms with Gasteiger partial charge in [-0.1, -0.05) is 12.1 Å². The highest BCUT2D eigenvalue weighted by atomic mass is 16.5. The van der Waals surface area contributed by atoms with E-state index in [9.17, 15) is 0 Å². The van der Waals surface area contributed by atoms with Crippen molar-refractivity contribution in [2.24, 2.45) is 5.92 Å². The van der Waals surface area contributed by atoms with E-state index in [1.807, 2.05) is 28.8 Å². The van der Waals surface area contributed by atoms with Crippen molar-refractivity contribution in [2.45, 2.75) is 25.7 Å². The molecule has 1 unspecified atom stereocenters. The normalized spacial score (nSPS) is 17.0. The van der Waals surface area contributed by atoms with Crippen LogP contribution in [0.1, 0.15) is 30.4 Å². The minimum atomic E-state index is 0.661. The summed E-state index contributed by atoms with van der Waals surface area (Å²) in [6.45, 7) is 1.83. The van der Waals surface area contributed by atoms with Gasteiger partial charge in [0, 0.05) is 18.8 Å². The van der Waals surface area contributed by atoms with Crippen LogP contribution in [-0.2, 0) is 11.2 Å². The number of fused-ring (bicyclic) bond motifs is 1. The highest BCUT2D eigenvalue weighted by Crippen LogP contribution is 2.24. The summed E-state index contributed by atoms with van der Waals surface area (Å²) in [5.74, 6) is 0.717. The van der Waals surface area contributed by atoms with E-state index in [1.54, 1.807) is 6.33 Å². The molecule has 0 spiro atoms. The molecule has 1 atom stereocenters. The molecule has 0 bridgehead atoms. The largest absolute Gasteiger partial charge is 0.381 e. The summed E-state index contributed by atoms with van der Waals surface area (Å²) in [6.07, 6.45) is 6.18. The second-order valence-electron chi connectivity index (χ2n) is 6.59. The molecule has 1 aliphatic rings. The molecule has 5 heteroatoms. The van der Waals surface area contributed by atoms with Crippen LogP contribution in [0.2, 0.25) is 0 Å². The Hall–Kier alpha value is -2.71. The fourth-order valence-electron chi connectivity index (χ4n) is 3.45. The van der Waals surface area contributed by atoms with Crippen LogP contribution in [0.5, 0.6) is 0 Å². The molecule has 1 fully saturated rings. The van der Waals surface area contributed by atoms with E-state index in [1.165, 1.54) is 18.4 Å². The van der Waals surface area contributed by atoms with Crippen LogP contribution in [-0.4, -0.2) is 27.8 Å². The number of hydrogen-bond donors (Lipinski definition) is 0. The Morgan fingerprint density at radius 2 is 2.12 bits per heavy atom. The fraction of sp³-hybridized carbons (Fsp3) is 0.350. The highest BCUT2D eigenvalue weighted by Gasteiger charge is 2.15. The molecule has 25 heavy (non-hydrogen) atoms. The Balaban J connectivity index is 1.59. The van der Waals surface area contributed by atoms with Crippen molar-refractivity contribution in [3.8, 4) is 17.3 Å². The van der Waals surface area contributed by atoms with Crippen LogP contribution < -0.4 is 0 Å². The van der Waals surface area contributed by atoms with Gasteiger partial charge in [-0.15, -0.1) is 0 Å². The average molecular weight is 332 g/mol. The third-order valence-electron chi connectivity index (χ3n) is 4.85. The Morgan fingerprint density at radius 3 is 2.88 bits per heavy atom. The van der Waals surface area contributed by atoms with E-state index in [0.29, 0.717) is 5.56 Å². The van der Waals surface area contributed by atoms with Crippen LogP contribution in [0.15, 0.2) is 42.7 Å². The third kappa shape index (κ3) is 3.40. The molecule has 0 amide bonds. The highest BCUT2D eigenvalue weighted by molar-refractivity contribution is 5.65. The molecule has 0 N–H and O–H groups in total. The van der Waals surface area contributed by atoms with Gasteiger partial charge in [-0.25, -0.2) is 9.50 Å². The maximum absolute atomic E-state index is 8.98. The lowest BCUT2D eigenvalue weighted by Gasteiger charge is -2.10. The van der Waals surface area contributed by atoms with Crippen molar-refractivity contribution < 1.29 is 4.74 Å². The van der Waals surface area contributed by atoms with Crippen molar-refractivity contribution >= 4 is 5.65 Å². The summed E-state index contributed by atoms with van der Waals surface area (Å²) < 4.78 is 7.32. The lowest BCUT2D eigenvalue weighted by atomic mass is 9.98. The zero-order valence-electron chi connectivity index (χ0n) is 14.1. The fourth-order valence-corrected chi connectivity index (χ4v) is 3.45. The standard InChI is InChI=1S/C20H20N4O/c21-12-15-4-6-18(7-5-15)19-10-17(11-20-22-14-23-24(19)20)3-1-2-16-8-9-25-13-16/h4-7,10-11,14,16H,1-3,8-9,13H2. The molecule has 4 rings (SSSR count). The quantitative estimate of drug-likeness (QED) is 0.716. The van der Waals surface area contributed by atoms with Gasteiger partial charge < -0.3 is 4.74 Å². The molecule has 3 aromatic rings. The predicted octanol–water partition coefficient (Wildman–Crippen LogP) is 3.63. The Labute approximate surface area is 146 Å². The molecule has 0 radical (unpaired) electrons. The molecule has 2 aromatic heterocycles. The molecule has 0 aliphatic carbocycles. The van der Waals surface area contributed by atoms with E-state index in [4.69, 9.17) is 10.00 Å². The van der Waals surface area contributed by atoms with E-state index >= 15 is 0 Å². The van der Waals surface area contributed by atoms with Crippen molar-refractivity contribution in [1.82, 2.24) is 14.6 Å². The van der Waals surface area contributed by atoms with Gasteiger partial charge in [0.15, 0.2) is 5.65 Å². The summed E-state index contributed by atoms with van der Waals surface area (Å²) in [5, 5.41) is 13.3.